The highest BCUT2D eigenvalue weighted by Crippen LogP contribution is 2.24. The Balaban J connectivity index is 0.000000550. The van der Waals surface area contributed by atoms with Crippen LogP contribution < -0.4 is 9.47 Å². The quantitative estimate of drug-likeness (QED) is 0.480. The van der Waals surface area contributed by atoms with Gasteiger partial charge in [0.2, 0.25) is 6.72 Å². The highest BCUT2D eigenvalue weighted by molar-refractivity contribution is 5.64. The van der Waals surface area contributed by atoms with E-state index >= 15 is 0 Å². The molecule has 0 aliphatic heterocycles. The van der Waals surface area contributed by atoms with Crippen LogP contribution >= 0.6 is 0 Å². The second-order valence-corrected chi connectivity index (χ2v) is 3.60. The second kappa shape index (κ2) is 7.69. The Morgan fingerprint density at radius 2 is 1.05 bits per heavy atom. The van der Waals surface area contributed by atoms with Gasteiger partial charge in [0.05, 0.1) is 14.2 Å². The van der Waals surface area contributed by atoms with Gasteiger partial charge in [-0.25, -0.2) is 0 Å². The monoisotopic (exact) mass is 256 g/mol. The van der Waals surface area contributed by atoms with E-state index in [1.165, 1.54) is 11.1 Å². The Bertz CT molecular complexity index is 482. The number of nitrogens with zero attached hydrogens (tertiary/aromatic N) is 2. The minimum Gasteiger partial charge on any atom is -0.497 e. The third-order valence-corrected chi connectivity index (χ3v) is 2.51. The summed E-state index contributed by atoms with van der Waals surface area (Å²) in [5.74, 6) is 1.74. The molecule has 0 bridgehead atoms. The Hall–Kier alpha value is -2.58. The molecule has 0 aromatic heterocycles. The van der Waals surface area contributed by atoms with E-state index < -0.39 is 0 Å². The Morgan fingerprint density at radius 1 is 0.789 bits per heavy atom. The lowest BCUT2D eigenvalue weighted by Gasteiger charge is -2.05. The molecule has 0 unspecified atom stereocenters. The maximum Gasteiger partial charge on any atom is 0.245 e. The van der Waals surface area contributed by atoms with Gasteiger partial charge in [0.15, 0.2) is 0 Å². The number of methoxy groups -OCH3 is 2. The SMILES string of the molecule is C=[N+]=[N-].COc1ccc(-c2ccc(OC)cc2)cc1. The van der Waals surface area contributed by atoms with Crippen LogP contribution in [0.4, 0.5) is 0 Å². The predicted molar refractivity (Wildman–Crippen MR) is 75.7 cm³/mol. The van der Waals surface area contributed by atoms with Crippen LogP contribution in [0.25, 0.3) is 16.7 Å². The molecule has 0 N–H and O–H groups in total. The lowest BCUT2D eigenvalue weighted by atomic mass is 10.1. The van der Waals surface area contributed by atoms with Gasteiger partial charge in [0, 0.05) is 0 Å². The minimum atomic E-state index is 0.872. The number of ether oxygens (including phenoxy) is 2. The molecular formula is C15H16N2O2. The van der Waals surface area contributed by atoms with Crippen LogP contribution in [-0.2, 0) is 0 Å². The average molecular weight is 256 g/mol. The van der Waals surface area contributed by atoms with Gasteiger partial charge in [-0.1, -0.05) is 24.3 Å². The smallest absolute Gasteiger partial charge is 0.245 e. The van der Waals surface area contributed by atoms with Gasteiger partial charge in [-0.2, -0.15) is 4.79 Å². The van der Waals surface area contributed by atoms with E-state index in [2.05, 4.69) is 11.5 Å². The fourth-order valence-electron chi connectivity index (χ4n) is 1.57. The molecule has 2 aromatic carbocycles. The van der Waals surface area contributed by atoms with Crippen molar-refractivity contribution in [3.8, 4) is 22.6 Å². The lowest BCUT2D eigenvalue weighted by molar-refractivity contribution is 0.0110. The van der Waals surface area contributed by atoms with Crippen LogP contribution in [0, 0.1) is 0 Å². The van der Waals surface area contributed by atoms with Crippen molar-refractivity contribution in [2.24, 2.45) is 0 Å². The van der Waals surface area contributed by atoms with Crippen LogP contribution in [0.5, 0.6) is 11.5 Å². The van der Waals surface area contributed by atoms with E-state index in [0.717, 1.165) is 11.5 Å². The molecular weight excluding hydrogens is 240 g/mol. The molecule has 98 valence electrons. The van der Waals surface area contributed by atoms with Crippen molar-refractivity contribution in [3.63, 3.8) is 0 Å². The molecule has 0 saturated carbocycles. The molecule has 0 aliphatic rings. The Kier molecular flexibility index (Phi) is 5.86. The van der Waals surface area contributed by atoms with Gasteiger partial charge in [0.25, 0.3) is 0 Å². The highest BCUT2D eigenvalue weighted by Gasteiger charge is 1.98. The van der Waals surface area contributed by atoms with E-state index in [1.54, 1.807) is 14.2 Å². The first-order valence-corrected chi connectivity index (χ1v) is 5.63. The zero-order chi connectivity index (χ0) is 14.1. The van der Waals surface area contributed by atoms with E-state index in [4.69, 9.17) is 15.0 Å². The van der Waals surface area contributed by atoms with Gasteiger partial charge in [0.1, 0.15) is 11.5 Å². The number of hydrogen-bond acceptors (Lipinski definition) is 2. The second-order valence-electron chi connectivity index (χ2n) is 3.60. The third-order valence-electron chi connectivity index (χ3n) is 2.51. The zero-order valence-corrected chi connectivity index (χ0v) is 11.0. The Morgan fingerprint density at radius 3 is 1.26 bits per heavy atom. The van der Waals surface area contributed by atoms with E-state index in [9.17, 15) is 0 Å². The van der Waals surface area contributed by atoms with Crippen molar-refractivity contribution in [1.29, 1.82) is 0 Å². The third kappa shape index (κ3) is 4.30. The predicted octanol–water partition coefficient (Wildman–Crippen LogP) is 3.29. The van der Waals surface area contributed by atoms with Gasteiger partial charge >= 0.3 is 0 Å². The van der Waals surface area contributed by atoms with Gasteiger partial charge in [-0.05, 0) is 35.4 Å². The van der Waals surface area contributed by atoms with E-state index in [0.29, 0.717) is 0 Å². The molecule has 0 fully saturated rings. The number of hydrogen-bond donors (Lipinski definition) is 0. The maximum absolute atomic E-state index is 7.08. The zero-order valence-electron chi connectivity index (χ0n) is 11.0. The molecule has 0 atom stereocenters. The van der Waals surface area contributed by atoms with Crippen LogP contribution in [0.3, 0.4) is 0 Å². The molecule has 0 spiro atoms. The summed E-state index contributed by atoms with van der Waals surface area (Å²) in [7, 11) is 3.34. The van der Waals surface area contributed by atoms with Crippen molar-refractivity contribution >= 4 is 6.72 Å². The summed E-state index contributed by atoms with van der Waals surface area (Å²) in [4.78, 5) is 2.25. The summed E-state index contributed by atoms with van der Waals surface area (Å²) in [5, 5.41) is 0. The minimum absolute atomic E-state index is 0.872. The van der Waals surface area contributed by atoms with Gasteiger partial charge in [-0.3, -0.25) is 0 Å². The first-order chi connectivity index (χ1) is 9.24. The lowest BCUT2D eigenvalue weighted by Crippen LogP contribution is -1.84. The molecule has 2 rings (SSSR count). The van der Waals surface area contributed by atoms with Gasteiger partial charge < -0.3 is 15.0 Å². The molecule has 4 heteroatoms. The van der Waals surface area contributed by atoms with Crippen LogP contribution in [0.2, 0.25) is 0 Å². The van der Waals surface area contributed by atoms with Crippen LogP contribution in [-0.4, -0.2) is 25.7 Å². The summed E-state index contributed by atoms with van der Waals surface area (Å²) < 4.78 is 10.2. The largest absolute Gasteiger partial charge is 0.497 e. The standard InChI is InChI=1S/C14H14O2.CH2N2/c1-15-13-7-3-11(4-8-13)12-5-9-14(16-2)10-6-12;1-3-2/h3-10H,1-2H3;1H2. The van der Waals surface area contributed by atoms with Gasteiger partial charge in [-0.15, -0.1) is 0 Å². The van der Waals surface area contributed by atoms with Crippen molar-refractivity contribution in [1.82, 2.24) is 0 Å². The van der Waals surface area contributed by atoms with Crippen molar-refractivity contribution < 1.29 is 14.3 Å². The van der Waals surface area contributed by atoms with E-state index in [-0.39, 0.29) is 0 Å². The number of benzene rings is 2. The molecule has 0 radical (unpaired) electrons. The molecule has 0 heterocycles. The molecule has 0 aliphatic carbocycles. The topological polar surface area (TPSA) is 54.9 Å². The molecule has 19 heavy (non-hydrogen) atoms. The summed E-state index contributed by atoms with van der Waals surface area (Å²) >= 11 is 0. The first kappa shape index (κ1) is 14.5. The maximum atomic E-state index is 7.08. The summed E-state index contributed by atoms with van der Waals surface area (Å²) in [6.07, 6.45) is 0. The number of rotatable bonds is 3. The van der Waals surface area contributed by atoms with Crippen LogP contribution in [0.15, 0.2) is 48.5 Å². The summed E-state index contributed by atoms with van der Waals surface area (Å²) in [5.41, 5.74) is 9.42. The normalized spacial score (nSPS) is 8.74. The van der Waals surface area contributed by atoms with Crippen molar-refractivity contribution in [2.75, 3.05) is 14.2 Å². The fraction of sp³-hybridized carbons (Fsp3) is 0.133. The summed E-state index contributed by atoms with van der Waals surface area (Å²) in [6.45, 7) is 2.67. The average Bonchev–Trinajstić information content (AvgIpc) is 2.48. The Labute approximate surface area is 112 Å². The van der Waals surface area contributed by atoms with Crippen molar-refractivity contribution in [2.45, 2.75) is 0 Å². The molecule has 0 saturated heterocycles. The molecule has 2 aromatic rings. The van der Waals surface area contributed by atoms with E-state index in [1.807, 2.05) is 48.5 Å². The molecule has 4 nitrogen and oxygen atoms in total. The van der Waals surface area contributed by atoms with Crippen molar-refractivity contribution in [3.05, 3.63) is 54.1 Å². The fourth-order valence-corrected chi connectivity index (χ4v) is 1.57. The van der Waals surface area contributed by atoms with Crippen LogP contribution in [0.1, 0.15) is 0 Å². The molecule has 0 amide bonds. The highest BCUT2D eigenvalue weighted by atomic mass is 16.5. The first-order valence-electron chi connectivity index (χ1n) is 5.63. The summed E-state index contributed by atoms with van der Waals surface area (Å²) in [6, 6.07) is 16.0.